The zero-order valence-electron chi connectivity index (χ0n) is 24.3. The van der Waals surface area contributed by atoms with Crippen LogP contribution in [0.1, 0.15) is 23.1 Å². The molecule has 0 amide bonds. The zero-order chi connectivity index (χ0) is 29.7. The molecular weight excluding hydrogens is 552 g/mol. The van der Waals surface area contributed by atoms with Crippen LogP contribution in [0.5, 0.6) is 0 Å². The van der Waals surface area contributed by atoms with E-state index in [1.54, 1.807) is 0 Å². The molecule has 0 atom stereocenters. The van der Waals surface area contributed by atoms with E-state index in [9.17, 15) is 0 Å². The fourth-order valence-electron chi connectivity index (χ4n) is 6.54. The van der Waals surface area contributed by atoms with Crippen molar-refractivity contribution in [1.29, 1.82) is 0 Å². The Morgan fingerprint density at radius 1 is 0.444 bits per heavy atom. The van der Waals surface area contributed by atoms with Gasteiger partial charge in [-0.15, -0.1) is 0 Å². The molecule has 212 valence electrons. The Hall–Kier alpha value is -6.00. The maximum absolute atomic E-state index is 6.44. The second kappa shape index (κ2) is 10.3. The van der Waals surface area contributed by atoms with Gasteiger partial charge in [-0.25, -0.2) is 9.98 Å². The van der Waals surface area contributed by atoms with Crippen LogP contribution in [-0.4, -0.2) is 11.5 Å². The lowest BCUT2D eigenvalue weighted by atomic mass is 9.91. The van der Waals surface area contributed by atoms with Crippen molar-refractivity contribution in [3.8, 4) is 11.1 Å². The number of hydrogen-bond donors (Lipinski definition) is 0. The predicted octanol–water partition coefficient (Wildman–Crippen LogP) is 10.8. The largest absolute Gasteiger partial charge is 0.456 e. The van der Waals surface area contributed by atoms with Gasteiger partial charge in [0.25, 0.3) is 0 Å². The number of hydrogen-bond acceptors (Lipinski definition) is 4. The minimum atomic E-state index is 0.651. The third-order valence-corrected chi connectivity index (χ3v) is 8.59. The monoisotopic (exact) mass is 578 g/mol. The molecule has 45 heavy (non-hydrogen) atoms. The lowest BCUT2D eigenvalue weighted by Gasteiger charge is -2.14. The van der Waals surface area contributed by atoms with Gasteiger partial charge in [0.05, 0.1) is 11.4 Å². The van der Waals surface area contributed by atoms with Crippen LogP contribution in [-0.2, 0) is 0 Å². The average molecular weight is 579 g/mol. The van der Waals surface area contributed by atoms with Crippen molar-refractivity contribution in [3.05, 3.63) is 162 Å². The van der Waals surface area contributed by atoms with Crippen LogP contribution < -0.4 is 0 Å². The molecule has 0 N–H and O–H groups in total. The summed E-state index contributed by atoms with van der Waals surface area (Å²) in [5.74, 6) is 0.651. The lowest BCUT2D eigenvalue weighted by molar-refractivity contribution is 0.669. The molecule has 0 bridgehead atoms. The Morgan fingerprint density at radius 3 is 1.78 bits per heavy atom. The molecule has 6 aromatic carbocycles. The first kappa shape index (κ1) is 25.5. The normalized spacial score (nSPS) is 13.6. The van der Waals surface area contributed by atoms with Gasteiger partial charge >= 0.3 is 0 Å². The van der Waals surface area contributed by atoms with Crippen molar-refractivity contribution in [3.63, 3.8) is 0 Å². The van der Waals surface area contributed by atoms with Crippen LogP contribution in [0.4, 0.5) is 0 Å². The Balaban J connectivity index is 1.41. The molecule has 4 heteroatoms. The summed E-state index contributed by atoms with van der Waals surface area (Å²) >= 11 is 0. The van der Waals surface area contributed by atoms with Gasteiger partial charge in [-0.2, -0.15) is 0 Å². The van der Waals surface area contributed by atoms with Crippen molar-refractivity contribution < 1.29 is 8.83 Å². The number of rotatable bonds is 4. The van der Waals surface area contributed by atoms with Gasteiger partial charge < -0.3 is 8.83 Å². The number of allylic oxidation sites excluding steroid dienone is 1. The van der Waals surface area contributed by atoms with Crippen LogP contribution >= 0.6 is 0 Å². The molecule has 4 nitrogen and oxygen atoms in total. The predicted molar refractivity (Wildman–Crippen MR) is 185 cm³/mol. The fraction of sp³-hybridized carbons (Fsp3) is 0.0244. The summed E-state index contributed by atoms with van der Waals surface area (Å²) in [6.07, 6.45) is 2.84. The topological polar surface area (TPSA) is 51.0 Å². The molecule has 0 saturated carbocycles. The van der Waals surface area contributed by atoms with Crippen LogP contribution in [0.25, 0.3) is 60.7 Å². The molecule has 2 aromatic heterocycles. The highest BCUT2D eigenvalue weighted by molar-refractivity contribution is 6.27. The van der Waals surface area contributed by atoms with Crippen molar-refractivity contribution in [2.24, 2.45) is 9.98 Å². The molecule has 0 aliphatic carbocycles. The van der Waals surface area contributed by atoms with Gasteiger partial charge in [-0.3, -0.25) is 0 Å². The highest BCUT2D eigenvalue weighted by Gasteiger charge is 2.24. The molecule has 9 rings (SSSR count). The average Bonchev–Trinajstić information content (AvgIpc) is 3.59. The minimum Gasteiger partial charge on any atom is -0.456 e. The number of nitrogens with zero attached hydrogens (tertiary/aromatic N) is 2. The first-order chi connectivity index (χ1) is 22.3. The van der Waals surface area contributed by atoms with E-state index in [0.29, 0.717) is 12.3 Å². The number of para-hydroxylation sites is 2. The van der Waals surface area contributed by atoms with E-state index < -0.39 is 0 Å². The van der Waals surface area contributed by atoms with E-state index in [1.165, 1.54) is 0 Å². The summed E-state index contributed by atoms with van der Waals surface area (Å²) in [6.45, 7) is 0. The quantitative estimate of drug-likeness (QED) is 0.209. The van der Waals surface area contributed by atoms with Crippen LogP contribution in [0, 0.1) is 0 Å². The van der Waals surface area contributed by atoms with Gasteiger partial charge in [-0.1, -0.05) is 115 Å². The third kappa shape index (κ3) is 4.22. The number of fused-ring (bicyclic) bond motifs is 6. The van der Waals surface area contributed by atoms with E-state index in [0.717, 1.165) is 83.1 Å². The summed E-state index contributed by atoms with van der Waals surface area (Å²) in [7, 11) is 0. The molecular formula is C41H26N2O2. The molecule has 0 saturated heterocycles. The number of benzene rings is 6. The van der Waals surface area contributed by atoms with Gasteiger partial charge in [0.1, 0.15) is 22.3 Å². The Kier molecular flexibility index (Phi) is 5.85. The van der Waals surface area contributed by atoms with E-state index in [1.807, 2.05) is 42.5 Å². The van der Waals surface area contributed by atoms with Gasteiger partial charge in [0.15, 0.2) is 5.84 Å². The number of aliphatic imine (C=N–C) groups is 2. The van der Waals surface area contributed by atoms with E-state index in [2.05, 4.69) is 103 Å². The fourth-order valence-corrected chi connectivity index (χ4v) is 6.54. The summed E-state index contributed by atoms with van der Waals surface area (Å²) in [4.78, 5) is 10.8. The third-order valence-electron chi connectivity index (χ3n) is 8.59. The highest BCUT2D eigenvalue weighted by Crippen LogP contribution is 2.43. The molecule has 0 radical (unpaired) electrons. The molecule has 1 aliphatic rings. The van der Waals surface area contributed by atoms with E-state index in [4.69, 9.17) is 18.8 Å². The molecule has 8 aromatic rings. The van der Waals surface area contributed by atoms with Gasteiger partial charge in [-0.05, 0) is 52.6 Å². The second-order valence-electron chi connectivity index (χ2n) is 11.3. The minimum absolute atomic E-state index is 0.651. The Bertz CT molecular complexity index is 2500. The lowest BCUT2D eigenvalue weighted by Crippen LogP contribution is -2.07. The van der Waals surface area contributed by atoms with Gasteiger partial charge in [0.2, 0.25) is 0 Å². The van der Waals surface area contributed by atoms with Crippen molar-refractivity contribution in [1.82, 2.24) is 0 Å². The summed E-state index contributed by atoms with van der Waals surface area (Å²) < 4.78 is 12.8. The summed E-state index contributed by atoms with van der Waals surface area (Å²) in [6, 6.07) is 47.6. The first-order valence-corrected chi connectivity index (χ1v) is 15.1. The van der Waals surface area contributed by atoms with Crippen molar-refractivity contribution in [2.45, 2.75) is 6.42 Å². The maximum Gasteiger partial charge on any atom is 0.161 e. The molecule has 1 aliphatic heterocycles. The molecule has 3 heterocycles. The highest BCUT2D eigenvalue weighted by atomic mass is 16.3. The van der Waals surface area contributed by atoms with E-state index >= 15 is 0 Å². The standard InChI is InChI=1S/C41H26N2O2/c1-3-12-26(13-4-1)32-23-24-33(27-14-5-2-6-15-27)43-41(42-32)40-29(22-25-37-39(40)31-17-8-10-20-35(31)45-37)28-18-11-21-36-38(28)30-16-7-9-19-34(30)44-36/h1-23,25H,24H2. The Labute approximate surface area is 259 Å². The SMILES string of the molecule is C1=C(c2ccccc2)N=C(c2c(-c3cccc4oc5ccccc5c34)ccc3oc4ccccc4c23)N=C(c2ccccc2)C1. The second-order valence-corrected chi connectivity index (χ2v) is 11.3. The molecule has 0 spiro atoms. The smallest absolute Gasteiger partial charge is 0.161 e. The maximum atomic E-state index is 6.44. The van der Waals surface area contributed by atoms with Crippen molar-refractivity contribution >= 4 is 61.1 Å². The van der Waals surface area contributed by atoms with Crippen molar-refractivity contribution in [2.75, 3.05) is 0 Å². The summed E-state index contributed by atoms with van der Waals surface area (Å²) in [5.41, 5.74) is 10.3. The number of furan rings is 2. The van der Waals surface area contributed by atoms with Crippen LogP contribution in [0.15, 0.2) is 164 Å². The van der Waals surface area contributed by atoms with Crippen LogP contribution in [0.3, 0.4) is 0 Å². The Morgan fingerprint density at radius 2 is 1.04 bits per heavy atom. The van der Waals surface area contributed by atoms with Crippen LogP contribution in [0.2, 0.25) is 0 Å². The number of amidine groups is 1. The summed E-state index contributed by atoms with van der Waals surface area (Å²) in [5, 5.41) is 4.17. The molecule has 0 fully saturated rings. The first-order valence-electron chi connectivity index (χ1n) is 15.1. The van der Waals surface area contributed by atoms with Gasteiger partial charge in [0, 0.05) is 33.5 Å². The zero-order valence-corrected chi connectivity index (χ0v) is 24.3. The van der Waals surface area contributed by atoms with E-state index in [-0.39, 0.29) is 0 Å². The molecule has 0 unspecified atom stereocenters.